The zero-order chi connectivity index (χ0) is 33.3. The van der Waals surface area contributed by atoms with Gasteiger partial charge in [-0.2, -0.15) is 61.0 Å². The molecule has 6 rings (SSSR count). The number of benzene rings is 4. The third-order valence-electron chi connectivity index (χ3n) is 6.91. The molecule has 45 heavy (non-hydrogen) atoms. The second-order valence-electron chi connectivity index (χ2n) is 12.7. The molecule has 0 radical (unpaired) electrons. The molecular formula is C42H48Cl2Hf-4. The molecule has 6 aromatic rings. The molecule has 0 atom stereocenters. The largest absolute Gasteiger partial charge is 0.214 e. The van der Waals surface area contributed by atoms with Crippen LogP contribution in [0.25, 0.3) is 21.5 Å². The van der Waals surface area contributed by atoms with Gasteiger partial charge in [-0.15, -0.1) is 39.7 Å². The van der Waals surface area contributed by atoms with Crippen molar-refractivity contribution >= 4 is 43.0 Å². The molecule has 0 saturated carbocycles. The Morgan fingerprint density at radius 3 is 1.44 bits per heavy atom. The van der Waals surface area contributed by atoms with Gasteiger partial charge in [0.15, 0.2) is 0 Å². The van der Waals surface area contributed by atoms with Crippen molar-refractivity contribution in [3.05, 3.63) is 163 Å². The van der Waals surface area contributed by atoms with Crippen molar-refractivity contribution in [2.75, 3.05) is 0 Å². The van der Waals surface area contributed by atoms with Gasteiger partial charge in [-0.3, -0.25) is 0 Å². The van der Waals surface area contributed by atoms with Gasteiger partial charge in [-0.05, 0) is 10.8 Å². The van der Waals surface area contributed by atoms with Crippen LogP contribution < -0.4 is 0 Å². The number of aryl methyl sites for hydroxylation is 1. The second kappa shape index (κ2) is 19.8. The van der Waals surface area contributed by atoms with Crippen LogP contribution in [0.1, 0.15) is 64.7 Å². The van der Waals surface area contributed by atoms with Gasteiger partial charge < -0.3 is 6.92 Å². The molecule has 0 aliphatic rings. The Balaban J connectivity index is 0.000000239. The summed E-state index contributed by atoms with van der Waals surface area (Å²) in [5.74, 6) is 0. The van der Waals surface area contributed by atoms with Gasteiger partial charge in [-0.25, -0.2) is 12.1 Å². The predicted molar refractivity (Wildman–Crippen MR) is 201 cm³/mol. The van der Waals surface area contributed by atoms with Crippen LogP contribution in [0.15, 0.2) is 133 Å². The zero-order valence-corrected chi connectivity index (χ0v) is 32.9. The van der Waals surface area contributed by atoms with Gasteiger partial charge in [-0.1, -0.05) is 119 Å². The number of fused-ring (bicyclic) bond motifs is 3. The van der Waals surface area contributed by atoms with E-state index in [9.17, 15) is 0 Å². The molecule has 0 aliphatic carbocycles. The van der Waals surface area contributed by atoms with Crippen molar-refractivity contribution in [2.24, 2.45) is 0 Å². The number of hydrogen-bond acceptors (Lipinski definition) is 0. The Morgan fingerprint density at radius 1 is 0.689 bits per heavy atom. The minimum absolute atomic E-state index is 0.203. The smallest absolute Gasteiger partial charge is 0.171 e. The summed E-state index contributed by atoms with van der Waals surface area (Å²) in [5, 5.41) is 5.48. The Kier molecular flexibility index (Phi) is 17.0. The van der Waals surface area contributed by atoms with E-state index in [0.717, 1.165) is 12.8 Å². The number of halogens is 2. The van der Waals surface area contributed by atoms with Crippen molar-refractivity contribution < 1.29 is 18.6 Å². The van der Waals surface area contributed by atoms with Gasteiger partial charge in [0.2, 0.25) is 0 Å². The molecule has 3 heteroatoms. The molecule has 238 valence electrons. The Hall–Kier alpha value is -2.58. The molecule has 0 amide bonds. The quantitative estimate of drug-likeness (QED) is 0.121. The fourth-order valence-corrected chi connectivity index (χ4v) is 4.47. The van der Waals surface area contributed by atoms with Crippen molar-refractivity contribution in [2.45, 2.75) is 65.2 Å². The van der Waals surface area contributed by atoms with Crippen LogP contribution in [0.3, 0.4) is 0 Å². The van der Waals surface area contributed by atoms with Crippen molar-refractivity contribution in [1.29, 1.82) is 0 Å². The molecule has 0 bridgehead atoms. The maximum absolute atomic E-state index is 5.14. The van der Waals surface area contributed by atoms with E-state index in [0.29, 0.717) is 0 Å². The Labute approximate surface area is 287 Å². The molecule has 0 aromatic heterocycles. The molecular weight excluding hydrogens is 754 g/mol. The van der Waals surface area contributed by atoms with Gasteiger partial charge in [0, 0.05) is 0 Å². The Morgan fingerprint density at radius 2 is 1.13 bits per heavy atom. The molecule has 0 aliphatic heterocycles. The minimum Gasteiger partial charge on any atom is -0.214 e. The van der Waals surface area contributed by atoms with Crippen LogP contribution in [-0.4, -0.2) is 4.26 Å². The Bertz CT molecular complexity index is 1520. The average molecular weight is 802 g/mol. The molecule has 0 spiro atoms. The SMILES string of the molecule is CC(C)(C)c1ccc2c(c1)[cH-]c1cc(C(C)(C)C)ccc12.[CH2-]CCc1ccccc1.[CH2]=[Hf]([Cl])[Cl].[c-]1ccccc1.c1cc[cH-]c1. The van der Waals surface area contributed by atoms with E-state index in [-0.39, 0.29) is 10.8 Å². The second-order valence-corrected chi connectivity index (χ2v) is 24.2. The number of hydrogen-bond donors (Lipinski definition) is 0. The van der Waals surface area contributed by atoms with Gasteiger partial charge >= 0.3 is 40.0 Å². The van der Waals surface area contributed by atoms with Crippen molar-refractivity contribution in [1.82, 2.24) is 0 Å². The van der Waals surface area contributed by atoms with Crippen LogP contribution in [0.4, 0.5) is 0 Å². The van der Waals surface area contributed by atoms with E-state index < -0.39 is 18.6 Å². The summed E-state index contributed by atoms with van der Waals surface area (Å²) in [5.41, 5.74) is 4.60. The summed E-state index contributed by atoms with van der Waals surface area (Å²) in [7, 11) is 10.3. The zero-order valence-electron chi connectivity index (χ0n) is 27.8. The molecule has 0 N–H and O–H groups in total. The summed E-state index contributed by atoms with van der Waals surface area (Å²) in [4.78, 5) is 0. The summed E-state index contributed by atoms with van der Waals surface area (Å²) in [6.07, 6.45) is 2.09. The van der Waals surface area contributed by atoms with E-state index in [1.807, 2.05) is 66.7 Å². The van der Waals surface area contributed by atoms with Crippen LogP contribution in [0.5, 0.6) is 0 Å². The molecule has 0 heterocycles. The van der Waals surface area contributed by atoms with Crippen LogP contribution >= 0.6 is 17.2 Å². The van der Waals surface area contributed by atoms with Gasteiger partial charge in [0.05, 0.1) is 0 Å². The first kappa shape index (κ1) is 38.6. The van der Waals surface area contributed by atoms with E-state index >= 15 is 0 Å². The summed E-state index contributed by atoms with van der Waals surface area (Å²) in [6, 6.07) is 49.1. The first-order valence-corrected chi connectivity index (χ1v) is 26.8. The van der Waals surface area contributed by atoms with Crippen LogP contribution in [0.2, 0.25) is 0 Å². The molecule has 0 unspecified atom stereocenters. The van der Waals surface area contributed by atoms with Gasteiger partial charge in [0.1, 0.15) is 0 Å². The van der Waals surface area contributed by atoms with E-state index in [4.69, 9.17) is 17.2 Å². The summed E-state index contributed by atoms with van der Waals surface area (Å²) in [6.45, 7) is 17.4. The van der Waals surface area contributed by atoms with Crippen molar-refractivity contribution in [3.8, 4) is 0 Å². The molecule has 0 fully saturated rings. The minimum atomic E-state index is -1.96. The maximum atomic E-state index is 5.14. The van der Waals surface area contributed by atoms with Crippen LogP contribution in [0, 0.1) is 13.0 Å². The van der Waals surface area contributed by atoms with Crippen molar-refractivity contribution in [3.63, 3.8) is 0 Å². The monoisotopic (exact) mass is 802 g/mol. The first-order valence-electron chi connectivity index (χ1n) is 15.4. The van der Waals surface area contributed by atoms with E-state index in [2.05, 4.69) is 126 Å². The molecule has 0 saturated heterocycles. The third-order valence-corrected chi connectivity index (χ3v) is 6.91. The fourth-order valence-electron chi connectivity index (χ4n) is 4.47. The summed E-state index contributed by atoms with van der Waals surface area (Å²) < 4.78 is 3.38. The fraction of sp³-hybridized carbons (Fsp3) is 0.238. The van der Waals surface area contributed by atoms with E-state index in [1.54, 1.807) is 0 Å². The topological polar surface area (TPSA) is 0 Å². The normalized spacial score (nSPS) is 10.6. The maximum Gasteiger partial charge on any atom is -0.171 e. The number of rotatable bonds is 2. The molecule has 0 nitrogen and oxygen atoms in total. The molecule has 6 aromatic carbocycles. The average Bonchev–Trinajstić information content (AvgIpc) is 3.70. The van der Waals surface area contributed by atoms with Gasteiger partial charge in [0.25, 0.3) is 0 Å². The summed E-state index contributed by atoms with van der Waals surface area (Å²) >= 11 is -1.96. The first-order chi connectivity index (χ1) is 21.3. The third kappa shape index (κ3) is 15.0. The standard InChI is InChI=1S/C21H25.C9H11.C6H5.C5H5.CH2.2ClH.Hf/c1-20(2,3)16-7-9-18-14(12-16)11-15-13-17(21(4,5)6)8-10-19(15)18;1-2-6-9-7-4-3-5-8-9;1-2-4-6-5-3-1;1-2-4-5-3-1;;;;/h7-13H,1-6H3;3-5,7-8H,1-2,6H2;1-5H;1-5H;1H2;2*1H;/q4*-1;;;;+2/p-2. The predicted octanol–water partition coefficient (Wildman–Crippen LogP) is 13.0. The van der Waals surface area contributed by atoms with Crippen LogP contribution in [-0.2, 0) is 35.8 Å². The van der Waals surface area contributed by atoms with E-state index in [1.165, 1.54) is 38.2 Å².